The summed E-state index contributed by atoms with van der Waals surface area (Å²) in [7, 11) is 0. The molecule has 1 aromatic rings. The predicted molar refractivity (Wildman–Crippen MR) is 66.5 cm³/mol. The van der Waals surface area contributed by atoms with Crippen molar-refractivity contribution in [2.75, 3.05) is 0 Å². The molecule has 0 aromatic heterocycles. The van der Waals surface area contributed by atoms with Crippen LogP contribution >= 0.6 is 11.6 Å². The summed E-state index contributed by atoms with van der Waals surface area (Å²) in [4.78, 5) is 22.3. The van der Waals surface area contributed by atoms with E-state index in [1.807, 2.05) is 37.3 Å². The van der Waals surface area contributed by atoms with E-state index in [2.05, 4.69) is 10.6 Å². The summed E-state index contributed by atoms with van der Waals surface area (Å²) in [5.74, 6) is -0.759. The summed E-state index contributed by atoms with van der Waals surface area (Å²) in [6.07, 6.45) is 0. The normalized spacial score (nSPS) is 13.6. The fraction of sp³-hybridized carbons (Fsp3) is 0.333. The standard InChI is InChI=1S/C12H15ClN2O2/c1-8(10-6-4-3-5-7-10)14-12(17)11(13)15-9(2)16/h3-8,11H,1-2H3,(H,14,17)(H,15,16). The number of hydrogen-bond acceptors (Lipinski definition) is 2. The van der Waals surface area contributed by atoms with Crippen molar-refractivity contribution in [3.8, 4) is 0 Å². The van der Waals surface area contributed by atoms with Gasteiger partial charge in [-0.05, 0) is 12.5 Å². The van der Waals surface area contributed by atoms with Gasteiger partial charge in [-0.15, -0.1) is 0 Å². The number of alkyl halides is 1. The molecule has 0 bridgehead atoms. The number of amides is 2. The lowest BCUT2D eigenvalue weighted by atomic mass is 10.1. The Labute approximate surface area is 105 Å². The molecule has 1 rings (SSSR count). The molecule has 0 aliphatic carbocycles. The van der Waals surface area contributed by atoms with E-state index in [-0.39, 0.29) is 11.9 Å². The van der Waals surface area contributed by atoms with E-state index in [4.69, 9.17) is 11.6 Å². The lowest BCUT2D eigenvalue weighted by molar-refractivity contribution is -0.126. The molecule has 0 spiro atoms. The summed E-state index contributed by atoms with van der Waals surface area (Å²) < 4.78 is 0. The van der Waals surface area contributed by atoms with E-state index >= 15 is 0 Å². The molecule has 0 aliphatic heterocycles. The first-order valence-electron chi connectivity index (χ1n) is 5.27. The Bertz CT molecular complexity index is 395. The number of halogens is 1. The van der Waals surface area contributed by atoms with Crippen LogP contribution in [0.1, 0.15) is 25.5 Å². The van der Waals surface area contributed by atoms with Gasteiger partial charge in [-0.3, -0.25) is 9.59 Å². The summed E-state index contributed by atoms with van der Waals surface area (Å²) in [6, 6.07) is 9.35. The first-order valence-corrected chi connectivity index (χ1v) is 5.71. The Hall–Kier alpha value is -1.55. The minimum atomic E-state index is -1.04. The van der Waals surface area contributed by atoms with Crippen molar-refractivity contribution < 1.29 is 9.59 Å². The molecule has 0 fully saturated rings. The number of carbonyl (C=O) groups is 2. The van der Waals surface area contributed by atoms with E-state index in [9.17, 15) is 9.59 Å². The van der Waals surface area contributed by atoms with Gasteiger partial charge in [0.2, 0.25) is 5.91 Å². The number of benzene rings is 1. The Balaban J connectivity index is 2.54. The molecule has 0 radical (unpaired) electrons. The quantitative estimate of drug-likeness (QED) is 0.633. The molecule has 2 unspecified atom stereocenters. The zero-order valence-corrected chi connectivity index (χ0v) is 10.5. The summed E-state index contributed by atoms with van der Waals surface area (Å²) in [5, 5.41) is 5.03. The van der Waals surface area contributed by atoms with Gasteiger partial charge in [0, 0.05) is 6.92 Å². The van der Waals surface area contributed by atoms with Crippen LogP contribution in [0.5, 0.6) is 0 Å². The minimum Gasteiger partial charge on any atom is -0.347 e. The van der Waals surface area contributed by atoms with Gasteiger partial charge < -0.3 is 10.6 Å². The molecule has 0 heterocycles. The molecule has 92 valence electrons. The van der Waals surface area contributed by atoms with Gasteiger partial charge in [0.25, 0.3) is 5.91 Å². The summed E-state index contributed by atoms with van der Waals surface area (Å²) >= 11 is 5.71. The monoisotopic (exact) mass is 254 g/mol. The predicted octanol–water partition coefficient (Wildman–Crippen LogP) is 1.56. The summed E-state index contributed by atoms with van der Waals surface area (Å²) in [6.45, 7) is 3.16. The highest BCUT2D eigenvalue weighted by Gasteiger charge is 2.18. The van der Waals surface area contributed by atoms with Crippen LogP contribution in [0.4, 0.5) is 0 Å². The molecular formula is C12H15ClN2O2. The highest BCUT2D eigenvalue weighted by molar-refractivity contribution is 6.31. The number of rotatable bonds is 4. The third kappa shape index (κ3) is 4.44. The van der Waals surface area contributed by atoms with Crippen molar-refractivity contribution in [2.45, 2.75) is 25.4 Å². The largest absolute Gasteiger partial charge is 0.347 e. The highest BCUT2D eigenvalue weighted by atomic mass is 35.5. The first-order chi connectivity index (χ1) is 8.00. The SMILES string of the molecule is CC(=O)NC(Cl)C(=O)NC(C)c1ccccc1. The van der Waals surface area contributed by atoms with Crippen LogP contribution in [0.15, 0.2) is 30.3 Å². The van der Waals surface area contributed by atoms with Crippen molar-refractivity contribution in [3.63, 3.8) is 0 Å². The third-order valence-electron chi connectivity index (χ3n) is 2.22. The second kappa shape index (κ2) is 6.25. The van der Waals surface area contributed by atoms with Gasteiger partial charge >= 0.3 is 0 Å². The fourth-order valence-corrected chi connectivity index (χ4v) is 1.57. The Morgan fingerprint density at radius 2 is 1.76 bits per heavy atom. The first kappa shape index (κ1) is 13.5. The maximum absolute atomic E-state index is 11.6. The van der Waals surface area contributed by atoms with E-state index < -0.39 is 11.4 Å². The van der Waals surface area contributed by atoms with Crippen LogP contribution < -0.4 is 10.6 Å². The molecule has 1 aromatic carbocycles. The smallest absolute Gasteiger partial charge is 0.258 e. The molecule has 2 amide bonds. The third-order valence-corrected chi connectivity index (χ3v) is 2.53. The molecule has 17 heavy (non-hydrogen) atoms. The van der Waals surface area contributed by atoms with Crippen LogP contribution in [0.2, 0.25) is 0 Å². The lowest BCUT2D eigenvalue weighted by Gasteiger charge is -2.17. The molecule has 0 saturated carbocycles. The summed E-state index contributed by atoms with van der Waals surface area (Å²) in [5.41, 5.74) is -0.0637. The minimum absolute atomic E-state index is 0.154. The van der Waals surface area contributed by atoms with Gasteiger partial charge in [0.05, 0.1) is 6.04 Å². The van der Waals surface area contributed by atoms with Crippen LogP contribution in [-0.2, 0) is 9.59 Å². The molecule has 2 N–H and O–H groups in total. The van der Waals surface area contributed by atoms with Gasteiger partial charge in [-0.1, -0.05) is 41.9 Å². The second-order valence-electron chi connectivity index (χ2n) is 3.70. The maximum Gasteiger partial charge on any atom is 0.258 e. The van der Waals surface area contributed by atoms with Crippen molar-refractivity contribution in [2.24, 2.45) is 0 Å². The van der Waals surface area contributed by atoms with E-state index in [0.717, 1.165) is 5.56 Å². The van der Waals surface area contributed by atoms with Crippen LogP contribution in [-0.4, -0.2) is 17.3 Å². The van der Waals surface area contributed by atoms with E-state index in [1.165, 1.54) is 6.92 Å². The molecule has 0 aliphatic rings. The van der Waals surface area contributed by atoms with Crippen molar-refractivity contribution in [3.05, 3.63) is 35.9 Å². The van der Waals surface area contributed by atoms with Crippen LogP contribution in [0.3, 0.4) is 0 Å². The Morgan fingerprint density at radius 1 is 1.18 bits per heavy atom. The fourth-order valence-electron chi connectivity index (χ4n) is 1.36. The van der Waals surface area contributed by atoms with Gasteiger partial charge in [-0.25, -0.2) is 0 Å². The highest BCUT2D eigenvalue weighted by Crippen LogP contribution is 2.11. The number of nitrogens with one attached hydrogen (secondary N) is 2. The van der Waals surface area contributed by atoms with Crippen LogP contribution in [0.25, 0.3) is 0 Å². The van der Waals surface area contributed by atoms with E-state index in [1.54, 1.807) is 0 Å². The topological polar surface area (TPSA) is 58.2 Å². The zero-order chi connectivity index (χ0) is 12.8. The second-order valence-corrected chi connectivity index (χ2v) is 4.14. The zero-order valence-electron chi connectivity index (χ0n) is 9.74. The molecular weight excluding hydrogens is 240 g/mol. The molecule has 4 nitrogen and oxygen atoms in total. The molecule has 0 saturated heterocycles. The average molecular weight is 255 g/mol. The number of carbonyl (C=O) groups excluding carboxylic acids is 2. The van der Waals surface area contributed by atoms with Crippen LogP contribution in [0, 0.1) is 0 Å². The lowest BCUT2D eigenvalue weighted by Crippen LogP contribution is -2.43. The van der Waals surface area contributed by atoms with Gasteiger partial charge in [0.15, 0.2) is 5.50 Å². The molecule has 5 heteroatoms. The van der Waals surface area contributed by atoms with E-state index in [0.29, 0.717) is 0 Å². The van der Waals surface area contributed by atoms with Crippen molar-refractivity contribution in [1.82, 2.24) is 10.6 Å². The molecule has 2 atom stereocenters. The van der Waals surface area contributed by atoms with Gasteiger partial charge in [0.1, 0.15) is 0 Å². The average Bonchev–Trinajstić information content (AvgIpc) is 2.29. The maximum atomic E-state index is 11.6. The van der Waals surface area contributed by atoms with Crippen molar-refractivity contribution in [1.29, 1.82) is 0 Å². The Morgan fingerprint density at radius 3 is 2.29 bits per heavy atom. The van der Waals surface area contributed by atoms with Gasteiger partial charge in [-0.2, -0.15) is 0 Å². The number of hydrogen-bond donors (Lipinski definition) is 2. The Kier molecular flexibility index (Phi) is 4.97. The van der Waals surface area contributed by atoms with Crippen molar-refractivity contribution >= 4 is 23.4 Å².